The predicted octanol–water partition coefficient (Wildman–Crippen LogP) is 5.11. The van der Waals surface area contributed by atoms with Gasteiger partial charge in [0, 0.05) is 57.2 Å². The highest BCUT2D eigenvalue weighted by Crippen LogP contribution is 2.41. The fourth-order valence-corrected chi connectivity index (χ4v) is 7.16. The van der Waals surface area contributed by atoms with Crippen LogP contribution in [-0.2, 0) is 18.5 Å². The van der Waals surface area contributed by atoms with Crippen LogP contribution < -0.4 is 10.2 Å². The Labute approximate surface area is 238 Å². The van der Waals surface area contributed by atoms with Crippen LogP contribution in [-0.4, -0.2) is 73.5 Å². The van der Waals surface area contributed by atoms with Crippen molar-refractivity contribution in [3.63, 3.8) is 0 Å². The minimum absolute atomic E-state index is 0.0312. The Morgan fingerprint density at radius 3 is 2.60 bits per heavy atom. The summed E-state index contributed by atoms with van der Waals surface area (Å²) in [5, 5.41) is 21.3. The summed E-state index contributed by atoms with van der Waals surface area (Å²) in [5.74, 6) is 0.817. The second-order valence-electron chi connectivity index (χ2n) is 12.2. The number of aromatic nitrogens is 6. The molecule has 2 bridgehead atoms. The van der Waals surface area contributed by atoms with Gasteiger partial charge in [0.1, 0.15) is 29.1 Å². The van der Waals surface area contributed by atoms with E-state index >= 15 is 0 Å². The van der Waals surface area contributed by atoms with Gasteiger partial charge in [-0.05, 0) is 37.8 Å². The van der Waals surface area contributed by atoms with Gasteiger partial charge in [-0.15, -0.1) is 0 Å². The van der Waals surface area contributed by atoms with Gasteiger partial charge in [0.15, 0.2) is 5.65 Å². The van der Waals surface area contributed by atoms with Crippen LogP contribution in [0.2, 0.25) is 30.7 Å². The number of aryl methyl sites for hydroxylation is 1. The van der Waals surface area contributed by atoms with Gasteiger partial charge in [-0.25, -0.2) is 14.8 Å². The van der Waals surface area contributed by atoms with Gasteiger partial charge in [0.2, 0.25) is 0 Å². The number of halogens is 1. The standard InChI is InChI=1S/C27H35ClN8O3Si/c1-34-32-21-8-7-19(23(28)25(21)33-34)20-14-35(15-39-9-10-40(2,3)4)26-24(20)29-13-22(31-26)36-17-5-6-18(36)12-16(11-17)30-27(37)38/h7-8,13-14,16-18,30H,5-6,9-12,15H2,1-4H3,(H,37,38)/t16-,17+,18-. The van der Waals surface area contributed by atoms with E-state index in [1.165, 1.54) is 4.80 Å². The molecule has 2 fully saturated rings. The number of fused-ring (bicyclic) bond motifs is 4. The first kappa shape index (κ1) is 27.0. The van der Waals surface area contributed by atoms with E-state index in [1.807, 2.05) is 29.1 Å². The van der Waals surface area contributed by atoms with Crippen LogP contribution in [0, 0.1) is 0 Å². The van der Waals surface area contributed by atoms with Gasteiger partial charge < -0.3 is 24.6 Å². The number of benzene rings is 1. The lowest BCUT2D eigenvalue weighted by atomic mass is 9.97. The van der Waals surface area contributed by atoms with Gasteiger partial charge in [-0.1, -0.05) is 37.3 Å². The molecular weight excluding hydrogens is 548 g/mol. The largest absolute Gasteiger partial charge is 0.465 e. The molecule has 3 atom stereocenters. The molecule has 5 heterocycles. The third-order valence-corrected chi connectivity index (χ3v) is 10.1. The first-order valence-corrected chi connectivity index (χ1v) is 17.9. The van der Waals surface area contributed by atoms with E-state index in [-0.39, 0.29) is 18.1 Å². The van der Waals surface area contributed by atoms with E-state index in [4.69, 9.17) is 26.3 Å². The van der Waals surface area contributed by atoms with E-state index in [9.17, 15) is 9.90 Å². The lowest BCUT2D eigenvalue weighted by Crippen LogP contribution is -2.50. The minimum atomic E-state index is -1.23. The van der Waals surface area contributed by atoms with Gasteiger partial charge in [0.25, 0.3) is 0 Å². The van der Waals surface area contributed by atoms with Crippen LogP contribution in [0.15, 0.2) is 24.5 Å². The van der Waals surface area contributed by atoms with Crippen LogP contribution >= 0.6 is 11.6 Å². The molecule has 212 valence electrons. The van der Waals surface area contributed by atoms with Crippen LogP contribution in [0.5, 0.6) is 0 Å². The first-order chi connectivity index (χ1) is 19.1. The van der Waals surface area contributed by atoms with E-state index in [2.05, 4.69) is 40.1 Å². The Hall–Kier alpha value is -3.22. The molecule has 0 aliphatic carbocycles. The molecule has 0 unspecified atom stereocenters. The lowest BCUT2D eigenvalue weighted by molar-refractivity contribution is 0.0899. The summed E-state index contributed by atoms with van der Waals surface area (Å²) in [6.07, 6.45) is 6.46. The van der Waals surface area contributed by atoms with Gasteiger partial charge in [-0.3, -0.25) is 0 Å². The van der Waals surface area contributed by atoms with Crippen molar-refractivity contribution in [2.24, 2.45) is 7.05 Å². The molecule has 1 amide bonds. The number of carboxylic acid groups (broad SMARTS) is 1. The fourth-order valence-electron chi connectivity index (χ4n) is 6.10. The Bertz CT molecular complexity index is 1570. The van der Waals surface area contributed by atoms with Crippen molar-refractivity contribution in [3.05, 3.63) is 29.5 Å². The van der Waals surface area contributed by atoms with Crippen molar-refractivity contribution < 1.29 is 14.6 Å². The zero-order valence-electron chi connectivity index (χ0n) is 23.3. The SMILES string of the molecule is Cn1nc2ccc(-c3cn(COCC[Si](C)(C)C)c4nc(N5[C@@H]6CC[C@H]5C[C@@H](NC(=O)O)C6)cnc34)c(Cl)c2n1. The Morgan fingerprint density at radius 1 is 1.15 bits per heavy atom. The van der Waals surface area contributed by atoms with E-state index in [1.54, 1.807) is 7.05 Å². The van der Waals surface area contributed by atoms with Crippen molar-refractivity contribution in [2.75, 3.05) is 11.5 Å². The second-order valence-corrected chi connectivity index (χ2v) is 18.2. The summed E-state index contributed by atoms with van der Waals surface area (Å²) in [6, 6.07) is 5.38. The number of rotatable bonds is 8. The van der Waals surface area contributed by atoms with E-state index < -0.39 is 14.2 Å². The van der Waals surface area contributed by atoms with Gasteiger partial charge in [-0.2, -0.15) is 15.0 Å². The molecular formula is C27H35ClN8O3Si. The van der Waals surface area contributed by atoms with Gasteiger partial charge >= 0.3 is 6.09 Å². The van der Waals surface area contributed by atoms with Crippen molar-refractivity contribution in [1.29, 1.82) is 0 Å². The van der Waals surface area contributed by atoms with Crippen molar-refractivity contribution in [1.82, 2.24) is 34.8 Å². The first-order valence-electron chi connectivity index (χ1n) is 13.8. The fraction of sp³-hybridized carbons (Fsp3) is 0.519. The molecule has 0 saturated carbocycles. The zero-order valence-corrected chi connectivity index (χ0v) is 25.0. The number of amides is 1. The predicted molar refractivity (Wildman–Crippen MR) is 158 cm³/mol. The molecule has 2 saturated heterocycles. The number of hydrogen-bond acceptors (Lipinski definition) is 7. The molecule has 3 aromatic heterocycles. The molecule has 13 heteroatoms. The molecule has 2 aliphatic rings. The monoisotopic (exact) mass is 582 g/mol. The third kappa shape index (κ3) is 5.15. The molecule has 0 spiro atoms. The summed E-state index contributed by atoms with van der Waals surface area (Å²) in [5.41, 5.74) is 4.56. The molecule has 4 aromatic rings. The number of carbonyl (C=O) groups is 1. The van der Waals surface area contributed by atoms with Crippen molar-refractivity contribution >= 4 is 53.8 Å². The molecule has 40 heavy (non-hydrogen) atoms. The van der Waals surface area contributed by atoms with Gasteiger partial charge in [0.05, 0.1) is 11.2 Å². The number of piperidine rings is 1. The smallest absolute Gasteiger partial charge is 0.404 e. The average molecular weight is 583 g/mol. The third-order valence-electron chi connectivity index (χ3n) is 7.99. The molecule has 2 aliphatic heterocycles. The maximum atomic E-state index is 11.2. The quantitative estimate of drug-likeness (QED) is 0.217. The maximum Gasteiger partial charge on any atom is 0.404 e. The van der Waals surface area contributed by atoms with Crippen LogP contribution in [0.4, 0.5) is 10.6 Å². The topological polar surface area (TPSA) is 123 Å². The number of anilines is 1. The highest BCUT2D eigenvalue weighted by Gasteiger charge is 2.42. The highest BCUT2D eigenvalue weighted by atomic mass is 35.5. The maximum absolute atomic E-state index is 11.2. The zero-order chi connectivity index (χ0) is 28.2. The summed E-state index contributed by atoms with van der Waals surface area (Å²) in [6.45, 7) is 8.07. The molecule has 1 aromatic carbocycles. The average Bonchev–Trinajstić information content (AvgIpc) is 3.52. The molecule has 6 rings (SSSR count). The van der Waals surface area contributed by atoms with E-state index in [0.717, 1.165) is 65.4 Å². The molecule has 2 N–H and O–H groups in total. The summed E-state index contributed by atoms with van der Waals surface area (Å²) < 4.78 is 8.16. The number of hydrogen-bond donors (Lipinski definition) is 2. The number of ether oxygens (including phenoxy) is 1. The Kier molecular flexibility index (Phi) is 6.95. The summed E-state index contributed by atoms with van der Waals surface area (Å²) in [7, 11) is 0.551. The van der Waals surface area contributed by atoms with E-state index in [0.29, 0.717) is 23.9 Å². The molecule has 11 nitrogen and oxygen atoms in total. The lowest BCUT2D eigenvalue weighted by Gasteiger charge is -2.39. The summed E-state index contributed by atoms with van der Waals surface area (Å²) >= 11 is 6.87. The Balaban J connectivity index is 1.37. The van der Waals surface area contributed by atoms with Crippen molar-refractivity contribution in [3.8, 4) is 11.1 Å². The molecule has 0 radical (unpaired) electrons. The van der Waals surface area contributed by atoms with Crippen LogP contribution in [0.3, 0.4) is 0 Å². The Morgan fingerprint density at radius 2 is 1.90 bits per heavy atom. The summed E-state index contributed by atoms with van der Waals surface area (Å²) in [4.78, 5) is 25.2. The van der Waals surface area contributed by atoms with Crippen LogP contribution in [0.25, 0.3) is 33.3 Å². The second kappa shape index (κ2) is 10.3. The highest BCUT2D eigenvalue weighted by molar-refractivity contribution is 6.76. The van der Waals surface area contributed by atoms with Crippen molar-refractivity contribution in [2.45, 2.75) is 76.2 Å². The number of nitrogens with one attached hydrogen (secondary N) is 1. The van der Waals surface area contributed by atoms with Crippen LogP contribution in [0.1, 0.15) is 25.7 Å². The normalized spacial score (nSPS) is 21.0. The number of nitrogens with zero attached hydrogens (tertiary/aromatic N) is 7. The minimum Gasteiger partial charge on any atom is -0.465 e.